The molecule has 0 radical (unpaired) electrons. The fourth-order valence-electron chi connectivity index (χ4n) is 3.53. The molecule has 1 aliphatic rings. The molecule has 2 amide bonds. The van der Waals surface area contributed by atoms with Gasteiger partial charge >= 0.3 is 5.97 Å². The summed E-state index contributed by atoms with van der Waals surface area (Å²) in [6.07, 6.45) is 1.32. The first-order valence-corrected chi connectivity index (χ1v) is 10.5. The number of carbonyl (C=O) groups is 3. The van der Waals surface area contributed by atoms with E-state index in [4.69, 9.17) is 0 Å². The zero-order chi connectivity index (χ0) is 20.1. The van der Waals surface area contributed by atoms with Crippen molar-refractivity contribution in [2.45, 2.75) is 53.5 Å². The van der Waals surface area contributed by atoms with Crippen LogP contribution in [0.4, 0.5) is 0 Å². The maximum atomic E-state index is 13.1. The highest BCUT2D eigenvalue weighted by Crippen LogP contribution is 2.37. The molecule has 0 saturated carbocycles. The fraction of sp³-hybridized carbons (Fsp3) is 0.842. The van der Waals surface area contributed by atoms with Crippen LogP contribution in [0.25, 0.3) is 0 Å². The molecule has 1 aliphatic heterocycles. The minimum Gasteiger partial charge on any atom is -0.481 e. The van der Waals surface area contributed by atoms with Gasteiger partial charge in [-0.1, -0.05) is 34.6 Å². The molecule has 1 fully saturated rings. The third-order valence-corrected chi connectivity index (χ3v) is 6.10. The van der Waals surface area contributed by atoms with E-state index in [1.807, 2.05) is 34.6 Å². The van der Waals surface area contributed by atoms with Crippen molar-refractivity contribution in [2.75, 3.05) is 18.6 Å². The van der Waals surface area contributed by atoms with Gasteiger partial charge in [-0.2, -0.15) is 11.8 Å². The van der Waals surface area contributed by atoms with E-state index in [0.29, 0.717) is 6.42 Å². The topological polar surface area (TPSA) is 95.5 Å². The molecule has 0 aliphatic carbocycles. The van der Waals surface area contributed by atoms with Gasteiger partial charge in [0.05, 0.1) is 11.8 Å². The Hall–Kier alpha value is -1.24. The average Bonchev–Trinajstić information content (AvgIpc) is 3.03. The van der Waals surface area contributed by atoms with Crippen molar-refractivity contribution in [3.63, 3.8) is 0 Å². The van der Waals surface area contributed by atoms with Crippen molar-refractivity contribution in [1.29, 1.82) is 0 Å². The molecule has 0 aromatic rings. The number of rotatable bonds is 8. The van der Waals surface area contributed by atoms with E-state index in [1.54, 1.807) is 11.8 Å². The third-order valence-electron chi connectivity index (χ3n) is 4.91. The lowest BCUT2D eigenvalue weighted by Gasteiger charge is -2.34. The summed E-state index contributed by atoms with van der Waals surface area (Å²) in [5, 5.41) is 15.3. The number of thioether (sulfide) groups is 1. The summed E-state index contributed by atoms with van der Waals surface area (Å²) in [6.45, 7) is 9.62. The van der Waals surface area contributed by atoms with Gasteiger partial charge in [0.25, 0.3) is 0 Å². The number of carboxylic acids is 1. The van der Waals surface area contributed by atoms with Gasteiger partial charge in [-0.3, -0.25) is 14.4 Å². The summed E-state index contributed by atoms with van der Waals surface area (Å²) in [5.74, 6) is -0.947. The SMILES string of the molecule is CNC(=O)C(NC(=O)C(CC(C)C)C(C(=O)O)C1CCSC1)C(C)(C)C. The lowest BCUT2D eigenvalue weighted by atomic mass is 9.76. The second kappa shape index (κ2) is 9.62. The standard InChI is InChI=1S/C19H34N2O4S/c1-11(2)9-13(14(18(24)25)12-7-8-26-10-12)16(22)21-15(17(23)20-6)19(3,4)5/h11-15H,7-10H2,1-6H3,(H,20,23)(H,21,22)(H,24,25). The fourth-order valence-corrected chi connectivity index (χ4v) is 4.84. The van der Waals surface area contributed by atoms with Crippen LogP contribution in [-0.2, 0) is 14.4 Å². The van der Waals surface area contributed by atoms with E-state index in [9.17, 15) is 19.5 Å². The van der Waals surface area contributed by atoms with Gasteiger partial charge in [0.1, 0.15) is 6.04 Å². The van der Waals surface area contributed by atoms with Gasteiger partial charge in [0, 0.05) is 7.05 Å². The van der Waals surface area contributed by atoms with Crippen LogP contribution in [-0.4, -0.2) is 47.5 Å². The molecule has 7 heteroatoms. The average molecular weight is 387 g/mol. The maximum Gasteiger partial charge on any atom is 0.307 e. The zero-order valence-electron chi connectivity index (χ0n) is 16.8. The number of carbonyl (C=O) groups excluding carboxylic acids is 2. The van der Waals surface area contributed by atoms with Crippen LogP contribution < -0.4 is 10.6 Å². The van der Waals surface area contributed by atoms with Crippen molar-refractivity contribution in [1.82, 2.24) is 10.6 Å². The smallest absolute Gasteiger partial charge is 0.307 e. The molecule has 1 heterocycles. The first kappa shape index (κ1) is 22.8. The summed E-state index contributed by atoms with van der Waals surface area (Å²) in [4.78, 5) is 37.4. The van der Waals surface area contributed by atoms with Crippen molar-refractivity contribution in [3.8, 4) is 0 Å². The van der Waals surface area contributed by atoms with E-state index in [1.165, 1.54) is 7.05 Å². The highest BCUT2D eigenvalue weighted by Gasteiger charge is 2.43. The summed E-state index contributed by atoms with van der Waals surface area (Å²) >= 11 is 1.74. The third kappa shape index (κ3) is 6.18. The Balaban J connectivity index is 3.10. The van der Waals surface area contributed by atoms with Gasteiger partial charge in [-0.05, 0) is 41.6 Å². The Labute approximate surface area is 161 Å². The van der Waals surface area contributed by atoms with Crippen LogP contribution in [0.3, 0.4) is 0 Å². The molecule has 3 N–H and O–H groups in total. The van der Waals surface area contributed by atoms with E-state index >= 15 is 0 Å². The van der Waals surface area contributed by atoms with Crippen LogP contribution >= 0.6 is 11.8 Å². The van der Waals surface area contributed by atoms with E-state index in [2.05, 4.69) is 10.6 Å². The Morgan fingerprint density at radius 1 is 1.19 bits per heavy atom. The first-order chi connectivity index (χ1) is 12.0. The summed E-state index contributed by atoms with van der Waals surface area (Å²) in [7, 11) is 1.54. The largest absolute Gasteiger partial charge is 0.481 e. The highest BCUT2D eigenvalue weighted by atomic mass is 32.2. The monoisotopic (exact) mass is 386 g/mol. The molecule has 0 bridgehead atoms. The van der Waals surface area contributed by atoms with E-state index in [0.717, 1.165) is 17.9 Å². The lowest BCUT2D eigenvalue weighted by Crippen LogP contribution is -2.55. The predicted octanol–water partition coefficient (Wildman–Crippen LogP) is 2.38. The normalized spacial score (nSPS) is 21.1. The number of carboxylic acid groups (broad SMARTS) is 1. The molecule has 4 unspecified atom stereocenters. The van der Waals surface area contributed by atoms with Crippen LogP contribution in [0.2, 0.25) is 0 Å². The van der Waals surface area contributed by atoms with Gasteiger partial charge < -0.3 is 15.7 Å². The number of likely N-dealkylation sites (N-methyl/N-ethyl adjacent to an activating group) is 1. The predicted molar refractivity (Wildman–Crippen MR) is 105 cm³/mol. The molecule has 0 aromatic carbocycles. The van der Waals surface area contributed by atoms with Crippen LogP contribution in [0.1, 0.15) is 47.5 Å². The number of amides is 2. The van der Waals surface area contributed by atoms with E-state index in [-0.39, 0.29) is 23.7 Å². The summed E-state index contributed by atoms with van der Waals surface area (Å²) in [5.41, 5.74) is -0.472. The molecular weight excluding hydrogens is 352 g/mol. The highest BCUT2D eigenvalue weighted by molar-refractivity contribution is 7.99. The first-order valence-electron chi connectivity index (χ1n) is 9.31. The van der Waals surface area contributed by atoms with Gasteiger partial charge in [0.15, 0.2) is 0 Å². The second-order valence-electron chi connectivity index (χ2n) is 8.65. The number of hydrogen-bond donors (Lipinski definition) is 3. The molecular formula is C19H34N2O4S. The van der Waals surface area contributed by atoms with Crippen LogP contribution in [0, 0.1) is 29.1 Å². The molecule has 6 nitrogen and oxygen atoms in total. The molecule has 0 spiro atoms. The van der Waals surface area contributed by atoms with Crippen molar-refractivity contribution >= 4 is 29.5 Å². The molecule has 26 heavy (non-hydrogen) atoms. The molecule has 150 valence electrons. The second-order valence-corrected chi connectivity index (χ2v) is 9.80. The Morgan fingerprint density at radius 2 is 1.81 bits per heavy atom. The van der Waals surface area contributed by atoms with E-state index < -0.39 is 29.3 Å². The lowest BCUT2D eigenvalue weighted by molar-refractivity contribution is -0.150. The van der Waals surface area contributed by atoms with Crippen molar-refractivity contribution in [2.24, 2.45) is 29.1 Å². The zero-order valence-corrected chi connectivity index (χ0v) is 17.6. The quantitative estimate of drug-likeness (QED) is 0.595. The minimum atomic E-state index is -0.912. The van der Waals surface area contributed by atoms with Gasteiger partial charge in [-0.15, -0.1) is 0 Å². The van der Waals surface area contributed by atoms with Crippen molar-refractivity contribution in [3.05, 3.63) is 0 Å². The molecule has 1 rings (SSSR count). The molecule has 4 atom stereocenters. The van der Waals surface area contributed by atoms with Crippen molar-refractivity contribution < 1.29 is 19.5 Å². The van der Waals surface area contributed by atoms with Gasteiger partial charge in [-0.25, -0.2) is 0 Å². The maximum absolute atomic E-state index is 13.1. The summed E-state index contributed by atoms with van der Waals surface area (Å²) < 4.78 is 0. The molecule has 1 saturated heterocycles. The summed E-state index contributed by atoms with van der Waals surface area (Å²) in [6, 6.07) is -0.706. The minimum absolute atomic E-state index is 0.0000819. The number of hydrogen-bond acceptors (Lipinski definition) is 4. The Morgan fingerprint density at radius 3 is 2.19 bits per heavy atom. The van der Waals surface area contributed by atoms with Gasteiger partial charge in [0.2, 0.25) is 11.8 Å². The Kier molecular flexibility index (Phi) is 8.44. The molecule has 0 aromatic heterocycles. The number of nitrogens with one attached hydrogen (secondary N) is 2. The van der Waals surface area contributed by atoms with Crippen LogP contribution in [0.15, 0.2) is 0 Å². The number of aliphatic carboxylic acids is 1. The Bertz CT molecular complexity index is 510. The van der Waals surface area contributed by atoms with Crippen LogP contribution in [0.5, 0.6) is 0 Å².